The summed E-state index contributed by atoms with van der Waals surface area (Å²) in [4.78, 5) is 20.5. The molecule has 4 aromatic rings. The highest BCUT2D eigenvalue weighted by Crippen LogP contribution is 2.22. The summed E-state index contributed by atoms with van der Waals surface area (Å²) in [6.07, 6.45) is 3.11. The molecule has 2 aromatic carbocycles. The fraction of sp³-hybridized carbons (Fsp3) is 0.0526. The molecule has 0 spiro atoms. The maximum atomic E-state index is 12.4. The van der Waals surface area contributed by atoms with Gasteiger partial charge in [0.25, 0.3) is 5.91 Å². The Bertz CT molecular complexity index is 1060. The van der Waals surface area contributed by atoms with E-state index in [4.69, 9.17) is 11.6 Å². The lowest BCUT2D eigenvalue weighted by molar-refractivity contribution is 0.0946. The molecule has 2 aromatic heterocycles. The minimum Gasteiger partial charge on any atom is -0.347 e. The lowest BCUT2D eigenvalue weighted by atomic mass is 10.1. The summed E-state index contributed by atoms with van der Waals surface area (Å²) < 4.78 is 1.67. The van der Waals surface area contributed by atoms with Gasteiger partial charge in [0, 0.05) is 11.9 Å². The fourth-order valence-corrected chi connectivity index (χ4v) is 2.92. The zero-order valence-electron chi connectivity index (χ0n) is 13.6. The normalized spacial score (nSPS) is 10.8. The van der Waals surface area contributed by atoms with E-state index in [1.807, 2.05) is 48.5 Å². The van der Waals surface area contributed by atoms with Crippen molar-refractivity contribution in [1.29, 1.82) is 0 Å². The number of rotatable bonds is 4. The maximum Gasteiger partial charge on any atom is 0.270 e. The number of hydrogen-bond acceptors (Lipinski definition) is 4. The van der Waals surface area contributed by atoms with Crippen LogP contribution in [0.3, 0.4) is 0 Å². The second-order valence-electron chi connectivity index (χ2n) is 5.71. The van der Waals surface area contributed by atoms with E-state index in [-0.39, 0.29) is 5.91 Å². The average Bonchev–Trinajstić information content (AvgIpc) is 3.21. The molecule has 128 valence electrons. The predicted octanol–water partition coefficient (Wildman–Crippen LogP) is 3.40. The number of benzene rings is 2. The van der Waals surface area contributed by atoms with Gasteiger partial charge < -0.3 is 5.32 Å². The predicted molar refractivity (Wildman–Crippen MR) is 99.3 cm³/mol. The van der Waals surface area contributed by atoms with Gasteiger partial charge >= 0.3 is 0 Å². The first-order valence-corrected chi connectivity index (χ1v) is 8.36. The molecule has 0 radical (unpaired) electrons. The van der Waals surface area contributed by atoms with Crippen LogP contribution in [0.2, 0.25) is 5.15 Å². The van der Waals surface area contributed by atoms with Crippen molar-refractivity contribution < 1.29 is 4.79 Å². The Hall–Kier alpha value is -3.25. The molecule has 0 aliphatic rings. The van der Waals surface area contributed by atoms with Crippen molar-refractivity contribution >= 4 is 28.3 Å². The van der Waals surface area contributed by atoms with Crippen molar-refractivity contribution in [2.45, 2.75) is 6.54 Å². The minimum absolute atomic E-state index is 0.266. The average molecular weight is 364 g/mol. The van der Waals surface area contributed by atoms with Gasteiger partial charge in [-0.15, -0.1) is 0 Å². The smallest absolute Gasteiger partial charge is 0.270 e. The van der Waals surface area contributed by atoms with Gasteiger partial charge in [-0.1, -0.05) is 48.0 Å². The lowest BCUT2D eigenvalue weighted by Crippen LogP contribution is -2.23. The standard InChI is InChI=1S/C19H14ClN5O/c20-18-16-4-2-1-3-14(16)9-17(24-18)19(26)22-10-13-5-7-15(8-6-13)25-12-21-11-23-25/h1-9,11-12H,10H2,(H,22,26). The Kier molecular flexibility index (Phi) is 4.33. The molecule has 0 unspecified atom stereocenters. The molecule has 1 N–H and O–H groups in total. The number of carbonyl (C=O) groups excluding carboxylic acids is 1. The summed E-state index contributed by atoms with van der Waals surface area (Å²) in [5.74, 6) is -0.266. The van der Waals surface area contributed by atoms with Gasteiger partial charge in [0.15, 0.2) is 0 Å². The van der Waals surface area contributed by atoms with Crippen molar-refractivity contribution in [1.82, 2.24) is 25.1 Å². The fourth-order valence-electron chi connectivity index (χ4n) is 2.65. The van der Waals surface area contributed by atoms with Crippen molar-refractivity contribution in [2.75, 3.05) is 0 Å². The van der Waals surface area contributed by atoms with E-state index < -0.39 is 0 Å². The largest absolute Gasteiger partial charge is 0.347 e. The maximum absolute atomic E-state index is 12.4. The third-order valence-electron chi connectivity index (χ3n) is 4.00. The van der Waals surface area contributed by atoms with E-state index in [2.05, 4.69) is 20.4 Å². The van der Waals surface area contributed by atoms with Gasteiger partial charge in [0.2, 0.25) is 0 Å². The van der Waals surface area contributed by atoms with Crippen molar-refractivity contribution in [3.8, 4) is 5.69 Å². The molecule has 4 rings (SSSR count). The van der Waals surface area contributed by atoms with E-state index in [1.165, 1.54) is 6.33 Å². The van der Waals surface area contributed by atoms with Crippen LogP contribution < -0.4 is 5.32 Å². The number of halogens is 1. The second-order valence-corrected chi connectivity index (χ2v) is 6.07. The van der Waals surface area contributed by atoms with Crippen molar-refractivity contribution in [3.63, 3.8) is 0 Å². The summed E-state index contributed by atoms with van der Waals surface area (Å²) in [6.45, 7) is 0.391. The van der Waals surface area contributed by atoms with Crippen molar-refractivity contribution in [3.05, 3.63) is 83.7 Å². The summed E-state index contributed by atoms with van der Waals surface area (Å²) in [5.41, 5.74) is 2.17. The second kappa shape index (κ2) is 6.93. The van der Waals surface area contributed by atoms with E-state index in [0.717, 1.165) is 22.0 Å². The van der Waals surface area contributed by atoms with Crippen molar-refractivity contribution in [2.24, 2.45) is 0 Å². The molecule has 6 nitrogen and oxygen atoms in total. The van der Waals surface area contributed by atoms with Gasteiger partial charge in [-0.3, -0.25) is 4.79 Å². The van der Waals surface area contributed by atoms with Crippen LogP contribution in [0.5, 0.6) is 0 Å². The molecule has 0 saturated carbocycles. The third kappa shape index (κ3) is 3.27. The minimum atomic E-state index is -0.266. The number of nitrogens with zero attached hydrogens (tertiary/aromatic N) is 4. The van der Waals surface area contributed by atoms with Crippen LogP contribution in [0, 0.1) is 0 Å². The first-order valence-electron chi connectivity index (χ1n) is 7.98. The van der Waals surface area contributed by atoms with Crippen LogP contribution in [0.4, 0.5) is 0 Å². The van der Waals surface area contributed by atoms with Crippen LogP contribution in [-0.4, -0.2) is 25.7 Å². The van der Waals surface area contributed by atoms with Gasteiger partial charge in [-0.25, -0.2) is 14.6 Å². The Labute approximate surface area is 154 Å². The summed E-state index contributed by atoms with van der Waals surface area (Å²) in [7, 11) is 0. The zero-order valence-corrected chi connectivity index (χ0v) is 14.4. The molecule has 7 heteroatoms. The zero-order chi connectivity index (χ0) is 17.9. The van der Waals surface area contributed by atoms with E-state index >= 15 is 0 Å². The summed E-state index contributed by atoms with van der Waals surface area (Å²) in [6, 6.07) is 17.0. The number of pyridine rings is 1. The molecular formula is C19H14ClN5O. The van der Waals surface area contributed by atoms with Crippen LogP contribution in [0.15, 0.2) is 67.3 Å². The van der Waals surface area contributed by atoms with Crippen LogP contribution in [-0.2, 0) is 6.54 Å². The summed E-state index contributed by atoms with van der Waals surface area (Å²) >= 11 is 6.19. The van der Waals surface area contributed by atoms with Gasteiger partial charge in [-0.05, 0) is 29.1 Å². The topological polar surface area (TPSA) is 72.7 Å². The van der Waals surface area contributed by atoms with E-state index in [1.54, 1.807) is 17.1 Å². The van der Waals surface area contributed by atoms with E-state index in [9.17, 15) is 4.79 Å². The Balaban J connectivity index is 1.47. The number of carbonyl (C=O) groups is 1. The Morgan fingerprint density at radius 1 is 1.12 bits per heavy atom. The number of amides is 1. The Morgan fingerprint density at radius 3 is 2.69 bits per heavy atom. The van der Waals surface area contributed by atoms with Crippen LogP contribution in [0.25, 0.3) is 16.5 Å². The lowest BCUT2D eigenvalue weighted by Gasteiger charge is -2.08. The number of hydrogen-bond donors (Lipinski definition) is 1. The monoisotopic (exact) mass is 363 g/mol. The third-order valence-corrected chi connectivity index (χ3v) is 4.29. The molecule has 0 fully saturated rings. The summed E-state index contributed by atoms with van der Waals surface area (Å²) in [5, 5.41) is 8.98. The van der Waals surface area contributed by atoms with Crippen LogP contribution in [0.1, 0.15) is 16.1 Å². The molecule has 0 atom stereocenters. The first-order chi connectivity index (χ1) is 12.7. The highest BCUT2D eigenvalue weighted by Gasteiger charge is 2.11. The van der Waals surface area contributed by atoms with E-state index in [0.29, 0.717) is 17.4 Å². The first kappa shape index (κ1) is 16.2. The number of nitrogens with one attached hydrogen (secondary N) is 1. The molecule has 0 saturated heterocycles. The molecule has 26 heavy (non-hydrogen) atoms. The molecule has 0 aliphatic heterocycles. The Morgan fingerprint density at radius 2 is 1.92 bits per heavy atom. The van der Waals surface area contributed by atoms with Gasteiger partial charge in [0.1, 0.15) is 23.5 Å². The SMILES string of the molecule is O=C(NCc1ccc(-n2cncn2)cc1)c1cc2ccccc2c(Cl)n1. The quantitative estimate of drug-likeness (QED) is 0.564. The molecule has 1 amide bonds. The molecule has 0 bridgehead atoms. The highest BCUT2D eigenvalue weighted by molar-refractivity contribution is 6.34. The highest BCUT2D eigenvalue weighted by atomic mass is 35.5. The molecule has 0 aliphatic carbocycles. The van der Waals surface area contributed by atoms with Crippen LogP contribution >= 0.6 is 11.6 Å². The molecular weight excluding hydrogens is 350 g/mol. The number of aromatic nitrogens is 4. The molecule has 2 heterocycles. The number of fused-ring (bicyclic) bond motifs is 1. The van der Waals surface area contributed by atoms with Gasteiger partial charge in [0.05, 0.1) is 5.69 Å². The van der Waals surface area contributed by atoms with Gasteiger partial charge in [-0.2, -0.15) is 5.10 Å².